The molecule has 2 bridgehead atoms. The maximum absolute atomic E-state index is 6.10. The largest absolute Gasteiger partial charge is 0.327 e. The number of fused-ring (bicyclic) bond motifs is 2. The van der Waals surface area contributed by atoms with Gasteiger partial charge in [-0.2, -0.15) is 0 Å². The summed E-state index contributed by atoms with van der Waals surface area (Å²) in [5, 5.41) is 0. The van der Waals surface area contributed by atoms with Crippen LogP contribution in [-0.4, -0.2) is 6.04 Å². The molecule has 0 spiro atoms. The Hall–Kier alpha value is -0.300. The molecule has 2 rings (SSSR count). The Morgan fingerprint density at radius 3 is 2.64 bits per heavy atom. The van der Waals surface area contributed by atoms with Crippen molar-refractivity contribution < 1.29 is 0 Å². The standard InChI is InChI=1S/C10H17N/c1-2-3-9-7-4-5-8(6-7)10(9)11/h2,7-10H,1,3-6,11H2/t7-,8+,9+,10?/m1/s1. The zero-order valence-electron chi connectivity index (χ0n) is 7.00. The Morgan fingerprint density at radius 2 is 2.09 bits per heavy atom. The first kappa shape index (κ1) is 7.35. The van der Waals surface area contributed by atoms with Crippen LogP contribution in [0.5, 0.6) is 0 Å². The van der Waals surface area contributed by atoms with E-state index in [2.05, 4.69) is 6.58 Å². The SMILES string of the molecule is C=CC[C@@H]1C(N)[C@H]2CC[C@@H]1C2. The summed E-state index contributed by atoms with van der Waals surface area (Å²) in [4.78, 5) is 0. The molecule has 2 N–H and O–H groups in total. The van der Waals surface area contributed by atoms with Crippen molar-refractivity contribution in [3.63, 3.8) is 0 Å². The summed E-state index contributed by atoms with van der Waals surface area (Å²) >= 11 is 0. The molecule has 0 aromatic carbocycles. The second-order valence-electron chi connectivity index (χ2n) is 4.10. The van der Waals surface area contributed by atoms with E-state index in [9.17, 15) is 0 Å². The molecular weight excluding hydrogens is 134 g/mol. The average Bonchev–Trinajstić information content (AvgIpc) is 2.54. The van der Waals surface area contributed by atoms with Crippen molar-refractivity contribution in [2.24, 2.45) is 23.5 Å². The Labute approximate surface area is 68.7 Å². The molecule has 0 amide bonds. The van der Waals surface area contributed by atoms with Crippen LogP contribution in [0.1, 0.15) is 25.7 Å². The lowest BCUT2D eigenvalue weighted by Gasteiger charge is -2.26. The van der Waals surface area contributed by atoms with E-state index in [0.29, 0.717) is 6.04 Å². The molecule has 0 aromatic heterocycles. The van der Waals surface area contributed by atoms with E-state index in [1.807, 2.05) is 6.08 Å². The van der Waals surface area contributed by atoms with Gasteiger partial charge in [0.15, 0.2) is 0 Å². The van der Waals surface area contributed by atoms with E-state index < -0.39 is 0 Å². The minimum Gasteiger partial charge on any atom is -0.327 e. The zero-order valence-corrected chi connectivity index (χ0v) is 7.00. The van der Waals surface area contributed by atoms with Crippen LogP contribution in [0.4, 0.5) is 0 Å². The average molecular weight is 151 g/mol. The molecule has 2 aliphatic rings. The molecule has 2 saturated carbocycles. The summed E-state index contributed by atoms with van der Waals surface area (Å²) in [7, 11) is 0. The first-order valence-corrected chi connectivity index (χ1v) is 4.69. The molecule has 2 fully saturated rings. The third-order valence-electron chi connectivity index (χ3n) is 3.60. The second-order valence-corrected chi connectivity index (χ2v) is 4.10. The van der Waals surface area contributed by atoms with Crippen molar-refractivity contribution in [2.45, 2.75) is 31.7 Å². The monoisotopic (exact) mass is 151 g/mol. The van der Waals surface area contributed by atoms with Crippen molar-refractivity contribution >= 4 is 0 Å². The van der Waals surface area contributed by atoms with Crippen molar-refractivity contribution in [3.05, 3.63) is 12.7 Å². The van der Waals surface area contributed by atoms with Crippen LogP contribution in [-0.2, 0) is 0 Å². The number of nitrogens with two attached hydrogens (primary N) is 1. The summed E-state index contributed by atoms with van der Waals surface area (Å²) in [6.45, 7) is 3.79. The van der Waals surface area contributed by atoms with Gasteiger partial charge in [-0.1, -0.05) is 6.08 Å². The van der Waals surface area contributed by atoms with Gasteiger partial charge in [-0.25, -0.2) is 0 Å². The van der Waals surface area contributed by atoms with Gasteiger partial charge in [0.2, 0.25) is 0 Å². The molecule has 11 heavy (non-hydrogen) atoms. The number of rotatable bonds is 2. The lowest BCUT2D eigenvalue weighted by atomic mass is 9.83. The third kappa shape index (κ3) is 1.02. The highest BCUT2D eigenvalue weighted by atomic mass is 14.7. The number of hydrogen-bond donors (Lipinski definition) is 1. The topological polar surface area (TPSA) is 26.0 Å². The van der Waals surface area contributed by atoms with E-state index in [0.717, 1.165) is 24.2 Å². The van der Waals surface area contributed by atoms with Crippen molar-refractivity contribution in [1.82, 2.24) is 0 Å². The van der Waals surface area contributed by atoms with Crippen LogP contribution < -0.4 is 5.73 Å². The van der Waals surface area contributed by atoms with Gasteiger partial charge in [0.25, 0.3) is 0 Å². The minimum atomic E-state index is 0.492. The lowest BCUT2D eigenvalue weighted by molar-refractivity contribution is 0.291. The molecule has 0 heterocycles. The van der Waals surface area contributed by atoms with Gasteiger partial charge >= 0.3 is 0 Å². The molecule has 62 valence electrons. The highest BCUT2D eigenvalue weighted by Crippen LogP contribution is 2.48. The van der Waals surface area contributed by atoms with Crippen LogP contribution in [0.3, 0.4) is 0 Å². The molecule has 2 aliphatic carbocycles. The van der Waals surface area contributed by atoms with Crippen LogP contribution in [0.15, 0.2) is 12.7 Å². The molecule has 0 aromatic rings. The summed E-state index contributed by atoms with van der Waals surface area (Å²) in [5.74, 6) is 2.56. The predicted octanol–water partition coefficient (Wildman–Crippen LogP) is 1.94. The molecule has 0 saturated heterocycles. The normalized spacial score (nSPS) is 48.1. The van der Waals surface area contributed by atoms with Gasteiger partial charge in [0.1, 0.15) is 0 Å². The molecule has 1 nitrogen and oxygen atoms in total. The molecule has 0 aliphatic heterocycles. The Balaban J connectivity index is 2.05. The zero-order chi connectivity index (χ0) is 7.84. The van der Waals surface area contributed by atoms with Gasteiger partial charge in [-0.15, -0.1) is 6.58 Å². The van der Waals surface area contributed by atoms with Gasteiger partial charge in [0.05, 0.1) is 0 Å². The Morgan fingerprint density at radius 1 is 1.36 bits per heavy atom. The highest BCUT2D eigenvalue weighted by Gasteiger charge is 2.44. The molecule has 1 heteroatoms. The fourth-order valence-electron chi connectivity index (χ4n) is 3.00. The van der Waals surface area contributed by atoms with E-state index >= 15 is 0 Å². The second kappa shape index (κ2) is 2.63. The minimum absolute atomic E-state index is 0.492. The first-order chi connectivity index (χ1) is 5.33. The summed E-state index contributed by atoms with van der Waals surface area (Å²) in [5.41, 5.74) is 6.10. The van der Waals surface area contributed by atoms with Crippen LogP contribution in [0.25, 0.3) is 0 Å². The lowest BCUT2D eigenvalue weighted by Crippen LogP contribution is -2.35. The Kier molecular flexibility index (Phi) is 1.76. The van der Waals surface area contributed by atoms with Gasteiger partial charge in [-0.3, -0.25) is 0 Å². The van der Waals surface area contributed by atoms with Crippen molar-refractivity contribution in [2.75, 3.05) is 0 Å². The van der Waals surface area contributed by atoms with Crippen LogP contribution in [0, 0.1) is 17.8 Å². The summed E-state index contributed by atoms with van der Waals surface area (Å²) in [6, 6.07) is 0.492. The molecule has 0 radical (unpaired) electrons. The van der Waals surface area contributed by atoms with E-state index in [1.165, 1.54) is 19.3 Å². The molecule has 4 atom stereocenters. The smallest absolute Gasteiger partial charge is 0.0101 e. The number of allylic oxidation sites excluding steroid dienone is 1. The first-order valence-electron chi connectivity index (χ1n) is 4.69. The third-order valence-corrected chi connectivity index (χ3v) is 3.60. The van der Waals surface area contributed by atoms with Crippen LogP contribution >= 0.6 is 0 Å². The van der Waals surface area contributed by atoms with E-state index in [1.54, 1.807) is 0 Å². The Bertz CT molecular complexity index is 162. The summed E-state index contributed by atoms with van der Waals surface area (Å²) < 4.78 is 0. The van der Waals surface area contributed by atoms with Crippen molar-refractivity contribution in [3.8, 4) is 0 Å². The van der Waals surface area contributed by atoms with Gasteiger partial charge < -0.3 is 5.73 Å². The predicted molar refractivity (Wildman–Crippen MR) is 47.1 cm³/mol. The maximum atomic E-state index is 6.10. The fraction of sp³-hybridized carbons (Fsp3) is 0.800. The van der Waals surface area contributed by atoms with Gasteiger partial charge in [-0.05, 0) is 43.4 Å². The fourth-order valence-corrected chi connectivity index (χ4v) is 3.00. The quantitative estimate of drug-likeness (QED) is 0.600. The number of hydrogen-bond acceptors (Lipinski definition) is 1. The van der Waals surface area contributed by atoms with Gasteiger partial charge in [0, 0.05) is 6.04 Å². The molecule has 1 unspecified atom stereocenters. The van der Waals surface area contributed by atoms with E-state index in [-0.39, 0.29) is 0 Å². The van der Waals surface area contributed by atoms with E-state index in [4.69, 9.17) is 5.73 Å². The highest BCUT2D eigenvalue weighted by molar-refractivity contribution is 5.00. The van der Waals surface area contributed by atoms with Crippen LogP contribution in [0.2, 0.25) is 0 Å². The maximum Gasteiger partial charge on any atom is 0.0101 e. The van der Waals surface area contributed by atoms with Crippen molar-refractivity contribution in [1.29, 1.82) is 0 Å². The summed E-state index contributed by atoms with van der Waals surface area (Å²) in [6.07, 6.45) is 7.39. The molecular formula is C10H17N.